The first-order valence-electron chi connectivity index (χ1n) is 11.3. The smallest absolute Gasteiger partial charge is 0.226 e. The van der Waals surface area contributed by atoms with Crippen molar-refractivity contribution in [2.24, 2.45) is 0 Å². The Balaban J connectivity index is 1.61. The fraction of sp³-hybridized carbons (Fsp3) is 0.185. The number of anilines is 1. The average molecular weight is 487 g/mol. The maximum atomic E-state index is 13.9. The van der Waals surface area contributed by atoms with Gasteiger partial charge in [0.05, 0.1) is 27.0 Å². The van der Waals surface area contributed by atoms with Gasteiger partial charge in [-0.2, -0.15) is 10.1 Å². The van der Waals surface area contributed by atoms with E-state index >= 15 is 0 Å². The van der Waals surface area contributed by atoms with Gasteiger partial charge in [-0.1, -0.05) is 18.2 Å². The van der Waals surface area contributed by atoms with Gasteiger partial charge in [0.1, 0.15) is 35.8 Å². The van der Waals surface area contributed by atoms with Crippen molar-refractivity contribution >= 4 is 11.6 Å². The van der Waals surface area contributed by atoms with Gasteiger partial charge >= 0.3 is 0 Å². The summed E-state index contributed by atoms with van der Waals surface area (Å²) in [7, 11) is 4.82. The van der Waals surface area contributed by atoms with E-state index in [2.05, 4.69) is 15.4 Å². The van der Waals surface area contributed by atoms with Crippen LogP contribution in [0.2, 0.25) is 0 Å². The molecule has 0 radical (unpaired) electrons. The lowest BCUT2D eigenvalue weighted by Crippen LogP contribution is -2.32. The van der Waals surface area contributed by atoms with Crippen LogP contribution in [0, 0.1) is 5.82 Å². The molecular formula is C27H23FN4O4. The van der Waals surface area contributed by atoms with E-state index in [0.717, 1.165) is 28.0 Å². The monoisotopic (exact) mass is 486 g/mol. The molecule has 8 nitrogen and oxygen atoms in total. The third-order valence-corrected chi connectivity index (χ3v) is 6.52. The molecule has 36 heavy (non-hydrogen) atoms. The second-order valence-electron chi connectivity index (χ2n) is 8.41. The highest BCUT2D eigenvalue weighted by molar-refractivity contribution is 5.85. The Kier molecular flexibility index (Phi) is 5.25. The number of methoxy groups -OCH3 is 3. The lowest BCUT2D eigenvalue weighted by Gasteiger charge is -2.39. The number of benzene rings is 3. The minimum atomic E-state index is -0.513. The van der Waals surface area contributed by atoms with E-state index in [1.54, 1.807) is 38.1 Å². The maximum absolute atomic E-state index is 13.9. The second kappa shape index (κ2) is 8.60. The molecular weight excluding hydrogens is 463 g/mol. The normalized spacial score (nSPS) is 17.8. The predicted molar refractivity (Wildman–Crippen MR) is 131 cm³/mol. The predicted octanol–water partition coefficient (Wildman–Crippen LogP) is 5.00. The molecule has 0 fully saturated rings. The molecule has 4 aromatic rings. The summed E-state index contributed by atoms with van der Waals surface area (Å²) in [6.07, 6.45) is 0.983. The Hall–Kier alpha value is -4.53. The summed E-state index contributed by atoms with van der Waals surface area (Å²) in [5.41, 5.74) is 4.27. The molecule has 0 bridgehead atoms. The zero-order valence-corrected chi connectivity index (χ0v) is 19.9. The summed E-state index contributed by atoms with van der Waals surface area (Å²) >= 11 is 0. The Labute approximate surface area is 206 Å². The number of hydrogen-bond donors (Lipinski definition) is 1. The van der Waals surface area contributed by atoms with Crippen LogP contribution in [-0.4, -0.2) is 36.1 Å². The van der Waals surface area contributed by atoms with Crippen LogP contribution in [0.25, 0.3) is 5.70 Å². The van der Waals surface area contributed by atoms with Crippen LogP contribution in [0.1, 0.15) is 28.8 Å². The minimum absolute atomic E-state index is 0.313. The van der Waals surface area contributed by atoms with Crippen molar-refractivity contribution in [3.63, 3.8) is 0 Å². The first-order chi connectivity index (χ1) is 17.6. The van der Waals surface area contributed by atoms with E-state index in [0.29, 0.717) is 28.9 Å². The first-order valence-corrected chi connectivity index (χ1v) is 11.3. The summed E-state index contributed by atoms with van der Waals surface area (Å²) in [6, 6.07) is 17.4. The summed E-state index contributed by atoms with van der Waals surface area (Å²) in [5.74, 6) is 2.85. The molecule has 3 heterocycles. The fourth-order valence-electron chi connectivity index (χ4n) is 4.83. The zero-order chi connectivity index (χ0) is 24.8. The van der Waals surface area contributed by atoms with Gasteiger partial charge in [-0.3, -0.25) is 0 Å². The quantitative estimate of drug-likeness (QED) is 0.425. The number of rotatable bonds is 5. The molecule has 9 heteroatoms. The minimum Gasteiger partial charge on any atom is -0.497 e. The van der Waals surface area contributed by atoms with Crippen LogP contribution in [0.5, 0.6) is 23.0 Å². The second-order valence-corrected chi connectivity index (χ2v) is 8.41. The van der Waals surface area contributed by atoms with Gasteiger partial charge in [-0.05, 0) is 48.0 Å². The molecule has 2 atom stereocenters. The summed E-state index contributed by atoms with van der Waals surface area (Å²) < 4.78 is 38.8. The molecule has 0 saturated heterocycles. The Morgan fingerprint density at radius 3 is 2.42 bits per heavy atom. The number of halogens is 1. The number of ether oxygens (including phenoxy) is 4. The zero-order valence-electron chi connectivity index (χ0n) is 19.9. The van der Waals surface area contributed by atoms with Crippen LogP contribution in [0.4, 0.5) is 10.3 Å². The van der Waals surface area contributed by atoms with Gasteiger partial charge in [0.15, 0.2) is 11.5 Å². The van der Waals surface area contributed by atoms with Crippen molar-refractivity contribution in [2.45, 2.75) is 12.1 Å². The molecule has 6 rings (SSSR count). The fourth-order valence-corrected chi connectivity index (χ4v) is 4.83. The van der Waals surface area contributed by atoms with E-state index in [1.165, 1.54) is 18.5 Å². The molecule has 182 valence electrons. The Morgan fingerprint density at radius 2 is 1.67 bits per heavy atom. The van der Waals surface area contributed by atoms with Crippen LogP contribution in [0.15, 0.2) is 72.6 Å². The number of nitrogens with zero attached hydrogens (tertiary/aromatic N) is 3. The van der Waals surface area contributed by atoms with Crippen LogP contribution >= 0.6 is 0 Å². The lowest BCUT2D eigenvalue weighted by molar-refractivity contribution is 0.222. The van der Waals surface area contributed by atoms with Crippen LogP contribution in [0.3, 0.4) is 0 Å². The highest BCUT2D eigenvalue weighted by atomic mass is 19.1. The SMILES string of the molecule is COc1ccc2c(c1)C1=C([C@H](c3ccc(F)cc3)n3ncnc3N1)[C@@H](c1ccc(OC)c(OC)c1)O2. The Bertz CT molecular complexity index is 1480. The molecule has 2 aliphatic heterocycles. The topological polar surface area (TPSA) is 79.7 Å². The van der Waals surface area contributed by atoms with Crippen molar-refractivity contribution in [3.8, 4) is 23.0 Å². The molecule has 0 spiro atoms. The van der Waals surface area contributed by atoms with Gasteiger partial charge in [-0.15, -0.1) is 0 Å². The van der Waals surface area contributed by atoms with Gasteiger partial charge in [0.25, 0.3) is 0 Å². The van der Waals surface area contributed by atoms with E-state index in [9.17, 15) is 4.39 Å². The summed E-state index contributed by atoms with van der Waals surface area (Å²) in [6.45, 7) is 0. The first kappa shape index (κ1) is 22.0. The van der Waals surface area contributed by atoms with Crippen LogP contribution in [-0.2, 0) is 0 Å². The van der Waals surface area contributed by atoms with Crippen molar-refractivity contribution in [1.82, 2.24) is 14.8 Å². The van der Waals surface area contributed by atoms with Crippen molar-refractivity contribution in [2.75, 3.05) is 26.6 Å². The number of hydrogen-bond acceptors (Lipinski definition) is 7. The number of fused-ring (bicyclic) bond motifs is 3. The molecule has 2 aliphatic rings. The van der Waals surface area contributed by atoms with Gasteiger partial charge in [0.2, 0.25) is 5.95 Å². The Morgan fingerprint density at radius 1 is 0.889 bits per heavy atom. The molecule has 3 aromatic carbocycles. The third kappa shape index (κ3) is 3.43. The van der Waals surface area contributed by atoms with Crippen molar-refractivity contribution in [1.29, 1.82) is 0 Å². The average Bonchev–Trinajstić information content (AvgIpc) is 3.39. The molecule has 0 aliphatic carbocycles. The molecule has 0 saturated carbocycles. The van der Waals surface area contributed by atoms with E-state index in [4.69, 9.17) is 18.9 Å². The number of aromatic nitrogens is 3. The molecule has 1 aromatic heterocycles. The van der Waals surface area contributed by atoms with Gasteiger partial charge in [0, 0.05) is 16.7 Å². The molecule has 0 amide bonds. The lowest BCUT2D eigenvalue weighted by atomic mass is 9.84. The standard InChI is InChI=1S/C27H23FN4O4/c1-33-18-9-11-20-19(13-18)24-23(26(36-20)16-6-10-21(34-2)22(12-16)35-3)25(15-4-7-17(28)8-5-15)32-27(31-24)29-14-30-32/h4-14,25-26H,1-3H3,(H,29,30,31)/t25-,26+/m0/s1. The van der Waals surface area contributed by atoms with Crippen molar-refractivity contribution in [3.05, 3.63) is 95.1 Å². The molecule has 1 N–H and O–H groups in total. The van der Waals surface area contributed by atoms with Gasteiger partial charge in [-0.25, -0.2) is 9.07 Å². The van der Waals surface area contributed by atoms with E-state index in [-0.39, 0.29) is 5.82 Å². The number of nitrogens with one attached hydrogen (secondary N) is 1. The van der Waals surface area contributed by atoms with Crippen LogP contribution < -0.4 is 24.3 Å². The summed E-state index contributed by atoms with van der Waals surface area (Å²) in [4.78, 5) is 4.43. The van der Waals surface area contributed by atoms with E-state index in [1.807, 2.05) is 36.4 Å². The maximum Gasteiger partial charge on any atom is 0.226 e. The van der Waals surface area contributed by atoms with E-state index < -0.39 is 12.1 Å². The van der Waals surface area contributed by atoms with Gasteiger partial charge < -0.3 is 24.3 Å². The third-order valence-electron chi connectivity index (χ3n) is 6.52. The summed E-state index contributed by atoms with van der Waals surface area (Å²) in [5, 5.41) is 7.95. The highest BCUT2D eigenvalue weighted by Crippen LogP contribution is 2.51. The molecule has 0 unspecified atom stereocenters. The highest BCUT2D eigenvalue weighted by Gasteiger charge is 2.41. The largest absolute Gasteiger partial charge is 0.497 e. The van der Waals surface area contributed by atoms with Crippen molar-refractivity contribution < 1.29 is 23.3 Å².